The number of halogens is 1. The van der Waals surface area contributed by atoms with Crippen LogP contribution in [0.15, 0.2) is 33.6 Å². The Morgan fingerprint density at radius 2 is 2.14 bits per heavy atom. The molecule has 0 unspecified atom stereocenters. The number of thioether (sulfide) groups is 1. The third-order valence-electron chi connectivity index (χ3n) is 4.40. The van der Waals surface area contributed by atoms with Crippen LogP contribution in [0.25, 0.3) is 6.08 Å². The van der Waals surface area contributed by atoms with Crippen LogP contribution in [0.5, 0.6) is 0 Å². The van der Waals surface area contributed by atoms with E-state index in [1.54, 1.807) is 6.08 Å². The Balaban J connectivity index is 1.46. The predicted molar refractivity (Wildman–Crippen MR) is 119 cm³/mol. The van der Waals surface area contributed by atoms with Crippen LogP contribution < -0.4 is 5.32 Å². The summed E-state index contributed by atoms with van der Waals surface area (Å²) in [4.78, 5) is 29.1. The van der Waals surface area contributed by atoms with Gasteiger partial charge >= 0.3 is 0 Å². The molecule has 2 aliphatic heterocycles. The van der Waals surface area contributed by atoms with E-state index in [0.29, 0.717) is 15.8 Å². The number of hydrogen-bond acceptors (Lipinski definition) is 6. The van der Waals surface area contributed by atoms with E-state index in [2.05, 4.69) is 26.1 Å². The topological polar surface area (TPSA) is 61.9 Å². The number of ether oxygens (including phenoxy) is 1. The molecule has 150 valence electrons. The summed E-state index contributed by atoms with van der Waals surface area (Å²) in [6.45, 7) is 4.89. The van der Waals surface area contributed by atoms with Gasteiger partial charge in [0.15, 0.2) is 0 Å². The average molecular weight is 484 g/mol. The van der Waals surface area contributed by atoms with Crippen molar-refractivity contribution in [2.45, 2.75) is 6.42 Å². The maximum absolute atomic E-state index is 12.6. The average Bonchev–Trinajstić information content (AvgIpc) is 2.93. The Morgan fingerprint density at radius 3 is 2.89 bits per heavy atom. The first kappa shape index (κ1) is 21.4. The molecule has 28 heavy (non-hydrogen) atoms. The van der Waals surface area contributed by atoms with E-state index in [0.717, 1.165) is 49.3 Å². The first-order valence-corrected chi connectivity index (χ1v) is 11.1. The monoisotopic (exact) mass is 483 g/mol. The highest BCUT2D eigenvalue weighted by Crippen LogP contribution is 2.32. The number of morpholine rings is 1. The second-order valence-electron chi connectivity index (χ2n) is 6.48. The van der Waals surface area contributed by atoms with Crippen molar-refractivity contribution in [1.82, 2.24) is 15.1 Å². The fourth-order valence-electron chi connectivity index (χ4n) is 2.94. The number of carbonyl (C=O) groups is 2. The molecule has 0 radical (unpaired) electrons. The molecule has 0 saturated carbocycles. The van der Waals surface area contributed by atoms with E-state index in [1.165, 1.54) is 16.7 Å². The van der Waals surface area contributed by atoms with Crippen LogP contribution in [0, 0.1) is 0 Å². The fraction of sp³-hybridized carbons (Fsp3) is 0.421. The van der Waals surface area contributed by atoms with Gasteiger partial charge < -0.3 is 10.1 Å². The molecule has 0 bridgehead atoms. The van der Waals surface area contributed by atoms with E-state index in [1.807, 2.05) is 24.3 Å². The predicted octanol–water partition coefficient (Wildman–Crippen LogP) is 2.49. The Hall–Kier alpha value is -1.26. The molecule has 2 fully saturated rings. The van der Waals surface area contributed by atoms with E-state index in [4.69, 9.17) is 17.0 Å². The third-order valence-corrected chi connectivity index (χ3v) is 6.27. The number of hydrogen-bond donors (Lipinski definition) is 1. The number of benzene rings is 1. The summed E-state index contributed by atoms with van der Waals surface area (Å²) in [6.07, 6.45) is 2.66. The standard InChI is InChI=1S/C19H22BrN3O3S2/c20-15-4-1-3-14(11-15)12-16-18(25)23(19(27)28-16)13-17(24)21-5-2-6-22-7-9-26-10-8-22/h1,3-4,11-12H,2,5-10,13H2,(H,21,24). The molecular formula is C19H22BrN3O3S2. The van der Waals surface area contributed by atoms with Gasteiger partial charge in [-0.3, -0.25) is 19.4 Å². The van der Waals surface area contributed by atoms with Gasteiger partial charge in [0.1, 0.15) is 10.9 Å². The van der Waals surface area contributed by atoms with Crippen molar-refractivity contribution in [3.63, 3.8) is 0 Å². The number of amides is 2. The van der Waals surface area contributed by atoms with Crippen LogP contribution in [-0.4, -0.2) is 71.9 Å². The fourth-order valence-corrected chi connectivity index (χ4v) is 4.61. The van der Waals surface area contributed by atoms with E-state index in [-0.39, 0.29) is 18.4 Å². The second-order valence-corrected chi connectivity index (χ2v) is 9.07. The second kappa shape index (κ2) is 10.5. The van der Waals surface area contributed by atoms with Gasteiger partial charge in [-0.2, -0.15) is 0 Å². The molecule has 6 nitrogen and oxygen atoms in total. The summed E-state index contributed by atoms with van der Waals surface area (Å²) in [5.41, 5.74) is 0.905. The molecule has 2 aliphatic rings. The van der Waals surface area contributed by atoms with Crippen LogP contribution >= 0.6 is 39.9 Å². The summed E-state index contributed by atoms with van der Waals surface area (Å²) in [5.74, 6) is -0.416. The highest BCUT2D eigenvalue weighted by Gasteiger charge is 2.33. The zero-order chi connectivity index (χ0) is 19.9. The van der Waals surface area contributed by atoms with Gasteiger partial charge in [-0.25, -0.2) is 0 Å². The Kier molecular flexibility index (Phi) is 8.04. The van der Waals surface area contributed by atoms with Gasteiger partial charge in [0.05, 0.1) is 18.1 Å². The molecule has 2 heterocycles. The van der Waals surface area contributed by atoms with Gasteiger partial charge in [-0.15, -0.1) is 0 Å². The number of thiocarbonyl (C=S) groups is 1. The quantitative estimate of drug-likeness (QED) is 0.365. The van der Waals surface area contributed by atoms with Crippen molar-refractivity contribution in [3.05, 3.63) is 39.2 Å². The molecule has 1 aromatic rings. The lowest BCUT2D eigenvalue weighted by Gasteiger charge is -2.26. The smallest absolute Gasteiger partial charge is 0.266 e. The molecule has 0 aliphatic carbocycles. The molecule has 0 aromatic heterocycles. The van der Waals surface area contributed by atoms with E-state index in [9.17, 15) is 9.59 Å². The maximum atomic E-state index is 12.6. The Morgan fingerprint density at radius 1 is 1.36 bits per heavy atom. The van der Waals surface area contributed by atoms with Crippen molar-refractivity contribution < 1.29 is 14.3 Å². The van der Waals surface area contributed by atoms with Crippen molar-refractivity contribution in [3.8, 4) is 0 Å². The Bertz CT molecular complexity index is 781. The van der Waals surface area contributed by atoms with E-state index >= 15 is 0 Å². The maximum Gasteiger partial charge on any atom is 0.266 e. The van der Waals surface area contributed by atoms with Crippen molar-refractivity contribution in [1.29, 1.82) is 0 Å². The first-order chi connectivity index (χ1) is 13.5. The molecule has 2 amide bonds. The lowest BCUT2D eigenvalue weighted by molar-refractivity contribution is -0.128. The lowest BCUT2D eigenvalue weighted by Crippen LogP contribution is -2.41. The summed E-state index contributed by atoms with van der Waals surface area (Å²) in [5, 5.41) is 2.88. The Labute approximate surface area is 182 Å². The SMILES string of the molecule is O=C(CN1C(=O)C(=Cc2cccc(Br)c2)SC1=S)NCCCN1CCOCC1. The summed E-state index contributed by atoms with van der Waals surface area (Å²) in [7, 11) is 0. The molecule has 0 spiro atoms. The van der Waals surface area contributed by atoms with Crippen molar-refractivity contribution >= 4 is 62.1 Å². The minimum Gasteiger partial charge on any atom is -0.379 e. The van der Waals surface area contributed by atoms with Gasteiger partial charge in [0.2, 0.25) is 5.91 Å². The molecule has 3 rings (SSSR count). The molecule has 0 atom stereocenters. The van der Waals surface area contributed by atoms with Gasteiger partial charge in [-0.1, -0.05) is 52.0 Å². The highest BCUT2D eigenvalue weighted by molar-refractivity contribution is 9.10. The summed E-state index contributed by atoms with van der Waals surface area (Å²) < 4.78 is 6.67. The molecule has 1 aromatic carbocycles. The molecular weight excluding hydrogens is 462 g/mol. The van der Waals surface area contributed by atoms with Crippen molar-refractivity contribution in [2.75, 3.05) is 45.9 Å². The minimum absolute atomic E-state index is 0.0436. The van der Waals surface area contributed by atoms with Crippen LogP contribution in [-0.2, 0) is 14.3 Å². The largest absolute Gasteiger partial charge is 0.379 e. The number of carbonyl (C=O) groups excluding carboxylic acids is 2. The zero-order valence-corrected chi connectivity index (χ0v) is 18.6. The number of nitrogens with one attached hydrogen (secondary N) is 1. The zero-order valence-electron chi connectivity index (χ0n) is 15.4. The van der Waals surface area contributed by atoms with Crippen LogP contribution in [0.2, 0.25) is 0 Å². The molecule has 1 N–H and O–H groups in total. The van der Waals surface area contributed by atoms with Gasteiger partial charge in [-0.05, 0) is 36.7 Å². The van der Waals surface area contributed by atoms with Gasteiger partial charge in [0.25, 0.3) is 5.91 Å². The normalized spacial score (nSPS) is 19.5. The lowest BCUT2D eigenvalue weighted by atomic mass is 10.2. The minimum atomic E-state index is -0.224. The van der Waals surface area contributed by atoms with Crippen LogP contribution in [0.4, 0.5) is 0 Å². The number of rotatable bonds is 7. The highest BCUT2D eigenvalue weighted by atomic mass is 79.9. The molecule has 9 heteroatoms. The summed E-state index contributed by atoms with van der Waals surface area (Å²) >= 11 is 9.94. The third kappa shape index (κ3) is 6.12. The molecule has 2 saturated heterocycles. The van der Waals surface area contributed by atoms with Crippen LogP contribution in [0.3, 0.4) is 0 Å². The first-order valence-electron chi connectivity index (χ1n) is 9.10. The van der Waals surface area contributed by atoms with Crippen LogP contribution in [0.1, 0.15) is 12.0 Å². The number of nitrogens with zero attached hydrogens (tertiary/aromatic N) is 2. The van der Waals surface area contributed by atoms with Gasteiger partial charge in [0, 0.05) is 24.1 Å². The van der Waals surface area contributed by atoms with E-state index < -0.39 is 0 Å². The van der Waals surface area contributed by atoms with Crippen molar-refractivity contribution in [2.24, 2.45) is 0 Å². The summed E-state index contributed by atoms with van der Waals surface area (Å²) in [6, 6.07) is 7.67.